The number of hydrogen-bond donors (Lipinski definition) is 2. The molecule has 1 aromatic heterocycles. The van der Waals surface area contributed by atoms with E-state index in [1.165, 1.54) is 23.5 Å². The number of aliphatic hydroxyl groups excluding tert-OH is 1. The number of nitrogens with zero attached hydrogens (tertiary/aromatic N) is 1. The van der Waals surface area contributed by atoms with Gasteiger partial charge in [0.15, 0.2) is 0 Å². The van der Waals surface area contributed by atoms with Crippen molar-refractivity contribution in [1.82, 2.24) is 10.3 Å². The molecule has 1 aromatic carbocycles. The Kier molecular flexibility index (Phi) is 4.24. The number of amides is 1. The van der Waals surface area contributed by atoms with Crippen molar-refractivity contribution < 1.29 is 14.3 Å². The van der Waals surface area contributed by atoms with Crippen LogP contribution < -0.4 is 5.32 Å². The summed E-state index contributed by atoms with van der Waals surface area (Å²) in [6, 6.07) is 5.62. The van der Waals surface area contributed by atoms with Gasteiger partial charge in [0.05, 0.1) is 6.61 Å². The number of carbonyl (C=O) groups excluding carboxylic acids is 1. The van der Waals surface area contributed by atoms with Gasteiger partial charge in [-0.3, -0.25) is 4.79 Å². The lowest BCUT2D eigenvalue weighted by Gasteiger charge is -2.08. The molecule has 100 valence electrons. The summed E-state index contributed by atoms with van der Waals surface area (Å²) in [6.45, 7) is 1.58. The number of halogens is 1. The van der Waals surface area contributed by atoms with Gasteiger partial charge in [0.25, 0.3) is 5.91 Å². The molecule has 2 aromatic rings. The van der Waals surface area contributed by atoms with Gasteiger partial charge in [-0.25, -0.2) is 9.37 Å². The van der Waals surface area contributed by atoms with Crippen molar-refractivity contribution in [3.8, 4) is 10.6 Å². The van der Waals surface area contributed by atoms with Crippen LogP contribution in [0, 0.1) is 5.82 Å². The molecule has 4 nitrogen and oxygen atoms in total. The van der Waals surface area contributed by atoms with Gasteiger partial charge >= 0.3 is 0 Å². The van der Waals surface area contributed by atoms with Crippen LogP contribution in [0.1, 0.15) is 17.4 Å². The fourth-order valence-corrected chi connectivity index (χ4v) is 2.25. The van der Waals surface area contributed by atoms with E-state index in [2.05, 4.69) is 10.3 Å². The first-order chi connectivity index (χ1) is 9.10. The minimum absolute atomic E-state index is 0.124. The fourth-order valence-electron chi connectivity index (χ4n) is 1.45. The SMILES string of the molecule is CC(CO)NC(=O)c1csc(-c2ccc(F)cc2)n1. The van der Waals surface area contributed by atoms with Crippen molar-refractivity contribution in [2.24, 2.45) is 0 Å². The van der Waals surface area contributed by atoms with E-state index < -0.39 is 0 Å². The molecule has 0 aliphatic carbocycles. The minimum atomic E-state index is -0.328. The Morgan fingerprint density at radius 3 is 2.79 bits per heavy atom. The van der Waals surface area contributed by atoms with Crippen LogP contribution in [0.2, 0.25) is 0 Å². The second-order valence-corrected chi connectivity index (χ2v) is 4.96. The number of nitrogens with one attached hydrogen (secondary N) is 1. The van der Waals surface area contributed by atoms with E-state index >= 15 is 0 Å². The zero-order valence-electron chi connectivity index (χ0n) is 10.3. The van der Waals surface area contributed by atoms with Crippen molar-refractivity contribution in [3.05, 3.63) is 41.2 Å². The normalized spacial score (nSPS) is 12.2. The Hall–Kier alpha value is -1.79. The molecule has 1 heterocycles. The number of aliphatic hydroxyl groups is 1. The van der Waals surface area contributed by atoms with Crippen LogP contribution in [-0.4, -0.2) is 28.6 Å². The van der Waals surface area contributed by atoms with Gasteiger partial charge < -0.3 is 10.4 Å². The molecule has 1 amide bonds. The molecule has 0 saturated heterocycles. The van der Waals surface area contributed by atoms with E-state index in [1.54, 1.807) is 24.4 Å². The highest BCUT2D eigenvalue weighted by atomic mass is 32.1. The molecule has 2 N–H and O–H groups in total. The molecule has 0 aliphatic heterocycles. The van der Waals surface area contributed by atoms with E-state index in [-0.39, 0.29) is 24.4 Å². The summed E-state index contributed by atoms with van der Waals surface area (Å²) in [5.74, 6) is -0.638. The van der Waals surface area contributed by atoms with Crippen LogP contribution in [0.4, 0.5) is 4.39 Å². The quantitative estimate of drug-likeness (QED) is 0.901. The molecule has 0 saturated carbocycles. The van der Waals surface area contributed by atoms with Crippen molar-refractivity contribution in [2.75, 3.05) is 6.61 Å². The molecule has 1 unspecified atom stereocenters. The highest BCUT2D eigenvalue weighted by Gasteiger charge is 2.13. The summed E-state index contributed by atoms with van der Waals surface area (Å²) < 4.78 is 12.8. The second-order valence-electron chi connectivity index (χ2n) is 4.10. The zero-order valence-corrected chi connectivity index (χ0v) is 11.1. The third kappa shape index (κ3) is 3.36. The average Bonchev–Trinajstić information content (AvgIpc) is 2.89. The van der Waals surface area contributed by atoms with Crippen LogP contribution in [0.5, 0.6) is 0 Å². The van der Waals surface area contributed by atoms with E-state index in [0.29, 0.717) is 10.7 Å². The molecule has 6 heteroatoms. The van der Waals surface area contributed by atoms with Gasteiger partial charge in [-0.1, -0.05) is 0 Å². The van der Waals surface area contributed by atoms with E-state index in [9.17, 15) is 9.18 Å². The maximum Gasteiger partial charge on any atom is 0.271 e. The number of rotatable bonds is 4. The summed E-state index contributed by atoms with van der Waals surface area (Å²) in [5, 5.41) is 13.8. The largest absolute Gasteiger partial charge is 0.394 e. The lowest BCUT2D eigenvalue weighted by atomic mass is 10.2. The predicted octanol–water partition coefficient (Wildman–Crippen LogP) is 2.06. The Morgan fingerprint density at radius 1 is 1.47 bits per heavy atom. The van der Waals surface area contributed by atoms with Gasteiger partial charge in [0.2, 0.25) is 0 Å². The summed E-state index contributed by atoms with van der Waals surface area (Å²) in [7, 11) is 0. The van der Waals surface area contributed by atoms with Gasteiger partial charge in [-0.15, -0.1) is 11.3 Å². The molecule has 1 atom stereocenters. The Labute approximate surface area is 113 Å². The minimum Gasteiger partial charge on any atom is -0.394 e. The summed E-state index contributed by atoms with van der Waals surface area (Å²) >= 11 is 1.31. The lowest BCUT2D eigenvalue weighted by molar-refractivity contribution is 0.0918. The monoisotopic (exact) mass is 280 g/mol. The summed E-state index contributed by atoms with van der Waals surface area (Å²) in [5.41, 5.74) is 1.06. The van der Waals surface area contributed by atoms with Gasteiger partial charge in [0.1, 0.15) is 16.5 Å². The topological polar surface area (TPSA) is 62.2 Å². The molecular formula is C13H13FN2O2S. The number of hydrogen-bond acceptors (Lipinski definition) is 4. The van der Waals surface area contributed by atoms with Gasteiger partial charge in [0, 0.05) is 17.0 Å². The predicted molar refractivity (Wildman–Crippen MR) is 71.5 cm³/mol. The van der Waals surface area contributed by atoms with Crippen molar-refractivity contribution in [1.29, 1.82) is 0 Å². The third-order valence-corrected chi connectivity index (χ3v) is 3.37. The lowest BCUT2D eigenvalue weighted by Crippen LogP contribution is -2.35. The van der Waals surface area contributed by atoms with Crippen LogP contribution in [0.15, 0.2) is 29.6 Å². The smallest absolute Gasteiger partial charge is 0.271 e. The van der Waals surface area contributed by atoms with Crippen LogP contribution in [0.25, 0.3) is 10.6 Å². The van der Waals surface area contributed by atoms with Crippen molar-refractivity contribution >= 4 is 17.2 Å². The first kappa shape index (κ1) is 13.6. The van der Waals surface area contributed by atoms with E-state index in [0.717, 1.165) is 5.56 Å². The molecule has 0 radical (unpaired) electrons. The summed E-state index contributed by atoms with van der Waals surface area (Å²) in [4.78, 5) is 16.0. The maximum atomic E-state index is 12.8. The zero-order chi connectivity index (χ0) is 13.8. The van der Waals surface area contributed by atoms with E-state index in [1.807, 2.05) is 0 Å². The highest BCUT2D eigenvalue weighted by Crippen LogP contribution is 2.23. The Balaban J connectivity index is 2.15. The molecule has 19 heavy (non-hydrogen) atoms. The number of carbonyl (C=O) groups is 1. The molecule has 2 rings (SSSR count). The van der Waals surface area contributed by atoms with Crippen LogP contribution in [-0.2, 0) is 0 Å². The standard InChI is InChI=1S/C13H13FN2O2S/c1-8(6-17)15-12(18)11-7-19-13(16-11)9-2-4-10(14)5-3-9/h2-5,7-8,17H,6H2,1H3,(H,15,18). The number of thiazole rings is 1. The Bertz CT molecular complexity index is 568. The van der Waals surface area contributed by atoms with Crippen LogP contribution >= 0.6 is 11.3 Å². The number of benzene rings is 1. The Morgan fingerprint density at radius 2 is 2.16 bits per heavy atom. The van der Waals surface area contributed by atoms with Gasteiger partial charge in [-0.05, 0) is 31.2 Å². The number of aromatic nitrogens is 1. The van der Waals surface area contributed by atoms with Crippen LogP contribution in [0.3, 0.4) is 0 Å². The average molecular weight is 280 g/mol. The fraction of sp³-hybridized carbons (Fsp3) is 0.231. The first-order valence-electron chi connectivity index (χ1n) is 5.73. The van der Waals surface area contributed by atoms with Gasteiger partial charge in [-0.2, -0.15) is 0 Å². The maximum absolute atomic E-state index is 12.8. The first-order valence-corrected chi connectivity index (χ1v) is 6.61. The second kappa shape index (κ2) is 5.90. The molecule has 0 aliphatic rings. The highest BCUT2D eigenvalue weighted by molar-refractivity contribution is 7.13. The third-order valence-electron chi connectivity index (χ3n) is 2.48. The van der Waals surface area contributed by atoms with E-state index in [4.69, 9.17) is 5.11 Å². The molecule has 0 fully saturated rings. The van der Waals surface area contributed by atoms with Crippen molar-refractivity contribution in [3.63, 3.8) is 0 Å². The molecule has 0 spiro atoms. The molecule has 0 bridgehead atoms. The van der Waals surface area contributed by atoms with Crippen molar-refractivity contribution in [2.45, 2.75) is 13.0 Å². The molecular weight excluding hydrogens is 267 g/mol. The summed E-state index contributed by atoms with van der Waals surface area (Å²) in [6.07, 6.45) is 0.